The summed E-state index contributed by atoms with van der Waals surface area (Å²) in [7, 11) is 0. The maximum atomic E-state index is 14.2. The van der Waals surface area contributed by atoms with E-state index in [9.17, 15) is 18.8 Å². The zero-order valence-electron chi connectivity index (χ0n) is 17.1. The fourth-order valence-electron chi connectivity index (χ4n) is 2.90. The fourth-order valence-corrected chi connectivity index (χ4v) is 2.90. The number of hydrogen-bond acceptors (Lipinski definition) is 4. The molecule has 3 aromatic rings. The topological polar surface area (TPSA) is 86.0 Å². The molecule has 0 saturated heterocycles. The van der Waals surface area contributed by atoms with Crippen LogP contribution in [0.3, 0.4) is 0 Å². The van der Waals surface area contributed by atoms with E-state index in [4.69, 9.17) is 0 Å². The van der Waals surface area contributed by atoms with Gasteiger partial charge in [-0.1, -0.05) is 44.2 Å². The Hall–Kier alpha value is -3.55. The molecule has 1 heterocycles. The predicted molar refractivity (Wildman–Crippen MR) is 112 cm³/mol. The number of halogens is 1. The van der Waals surface area contributed by atoms with Crippen molar-refractivity contribution in [2.75, 3.05) is 6.54 Å². The number of carbonyl (C=O) groups is 1. The van der Waals surface area contributed by atoms with Gasteiger partial charge < -0.3 is 5.32 Å². The molecule has 1 aromatic heterocycles. The molecule has 0 fully saturated rings. The van der Waals surface area contributed by atoms with Crippen LogP contribution in [0.1, 0.15) is 35.5 Å². The first-order chi connectivity index (χ1) is 14.3. The summed E-state index contributed by atoms with van der Waals surface area (Å²) in [5.41, 5.74) is -0.609. The minimum absolute atomic E-state index is 0.159. The number of nitrogens with zero attached hydrogens (tertiary/aromatic N) is 3. The lowest BCUT2D eigenvalue weighted by molar-refractivity contribution is 0.0939. The molecule has 8 heteroatoms. The summed E-state index contributed by atoms with van der Waals surface area (Å²) < 4.78 is 16.0. The van der Waals surface area contributed by atoms with Crippen LogP contribution in [0, 0.1) is 18.7 Å². The van der Waals surface area contributed by atoms with Crippen molar-refractivity contribution in [1.29, 1.82) is 0 Å². The van der Waals surface area contributed by atoms with Crippen LogP contribution in [0.4, 0.5) is 4.39 Å². The van der Waals surface area contributed by atoms with Gasteiger partial charge >= 0.3 is 5.69 Å². The van der Waals surface area contributed by atoms with Gasteiger partial charge in [-0.2, -0.15) is 9.78 Å². The Balaban J connectivity index is 2.19. The van der Waals surface area contributed by atoms with Crippen molar-refractivity contribution in [1.82, 2.24) is 19.7 Å². The van der Waals surface area contributed by atoms with E-state index in [0.29, 0.717) is 12.2 Å². The quantitative estimate of drug-likeness (QED) is 0.676. The smallest absolute Gasteiger partial charge is 0.350 e. The van der Waals surface area contributed by atoms with E-state index in [1.54, 1.807) is 24.3 Å². The molecule has 0 aliphatic rings. The van der Waals surface area contributed by atoms with Crippen LogP contribution in [0.15, 0.2) is 58.1 Å². The predicted octanol–water partition coefficient (Wildman–Crippen LogP) is 2.28. The Morgan fingerprint density at radius 1 is 1.13 bits per heavy atom. The van der Waals surface area contributed by atoms with Gasteiger partial charge in [0.05, 0.1) is 12.2 Å². The molecule has 156 valence electrons. The van der Waals surface area contributed by atoms with E-state index in [2.05, 4.69) is 10.4 Å². The Labute approximate surface area is 172 Å². The second kappa shape index (κ2) is 8.86. The summed E-state index contributed by atoms with van der Waals surface area (Å²) in [6.45, 7) is 5.70. The van der Waals surface area contributed by atoms with Crippen LogP contribution in [-0.2, 0) is 6.54 Å². The zero-order valence-corrected chi connectivity index (χ0v) is 17.1. The summed E-state index contributed by atoms with van der Waals surface area (Å²) in [6.07, 6.45) is 0. The molecule has 7 nitrogen and oxygen atoms in total. The zero-order chi connectivity index (χ0) is 21.8. The van der Waals surface area contributed by atoms with Crippen LogP contribution in [-0.4, -0.2) is 26.8 Å². The standard InChI is InChI=1S/C22H23FN4O3/c1-14(2)12-24-20(28)19-21(29)26(13-16-8-4-5-10-18(16)23)22(30)27(25-19)17-9-6-7-15(3)11-17/h4-11,14H,12-13H2,1-3H3,(H,24,28). The highest BCUT2D eigenvalue weighted by atomic mass is 19.1. The van der Waals surface area contributed by atoms with Crippen molar-refractivity contribution in [3.8, 4) is 5.69 Å². The van der Waals surface area contributed by atoms with E-state index in [-0.39, 0.29) is 18.0 Å². The Kier molecular flexibility index (Phi) is 6.25. The molecule has 0 atom stereocenters. The van der Waals surface area contributed by atoms with Gasteiger partial charge in [0, 0.05) is 12.1 Å². The van der Waals surface area contributed by atoms with Crippen LogP contribution >= 0.6 is 0 Å². The number of aromatic nitrogens is 3. The van der Waals surface area contributed by atoms with Crippen molar-refractivity contribution >= 4 is 5.91 Å². The average Bonchev–Trinajstić information content (AvgIpc) is 2.70. The lowest BCUT2D eigenvalue weighted by Gasteiger charge is -2.13. The first kappa shape index (κ1) is 21.2. The van der Waals surface area contributed by atoms with Crippen LogP contribution < -0.4 is 16.6 Å². The highest BCUT2D eigenvalue weighted by molar-refractivity contribution is 5.91. The number of nitrogens with one attached hydrogen (secondary N) is 1. The van der Waals surface area contributed by atoms with Gasteiger partial charge in [0.15, 0.2) is 0 Å². The Morgan fingerprint density at radius 3 is 2.53 bits per heavy atom. The van der Waals surface area contributed by atoms with Crippen LogP contribution in [0.2, 0.25) is 0 Å². The lowest BCUT2D eigenvalue weighted by atomic mass is 10.2. The first-order valence-corrected chi connectivity index (χ1v) is 9.60. The molecule has 0 aliphatic heterocycles. The van der Waals surface area contributed by atoms with E-state index < -0.39 is 28.7 Å². The van der Waals surface area contributed by atoms with Crippen molar-refractivity contribution in [2.45, 2.75) is 27.3 Å². The van der Waals surface area contributed by atoms with Gasteiger partial charge in [-0.15, -0.1) is 0 Å². The molecule has 0 spiro atoms. The molecule has 30 heavy (non-hydrogen) atoms. The maximum Gasteiger partial charge on any atom is 0.352 e. The molecule has 0 bridgehead atoms. The summed E-state index contributed by atoms with van der Waals surface area (Å²) in [4.78, 5) is 38.6. The molecule has 0 unspecified atom stereocenters. The van der Waals surface area contributed by atoms with E-state index in [1.807, 2.05) is 26.8 Å². The number of amides is 1. The SMILES string of the molecule is Cc1cccc(-n2nc(C(=O)NCC(C)C)c(=O)n(Cc3ccccc3F)c2=O)c1. The molecule has 0 aliphatic carbocycles. The number of rotatable bonds is 6. The summed E-state index contributed by atoms with van der Waals surface area (Å²) in [6, 6.07) is 12.8. The molecule has 1 N–H and O–H groups in total. The van der Waals surface area contributed by atoms with Crippen LogP contribution in [0.25, 0.3) is 5.69 Å². The molecule has 3 rings (SSSR count). The second-order valence-electron chi connectivity index (χ2n) is 7.47. The second-order valence-corrected chi connectivity index (χ2v) is 7.47. The van der Waals surface area contributed by atoms with E-state index in [0.717, 1.165) is 14.8 Å². The Morgan fingerprint density at radius 2 is 1.87 bits per heavy atom. The highest BCUT2D eigenvalue weighted by Crippen LogP contribution is 2.09. The third-order valence-electron chi connectivity index (χ3n) is 4.48. The van der Waals surface area contributed by atoms with E-state index >= 15 is 0 Å². The Bertz CT molecular complexity index is 1200. The average molecular weight is 410 g/mol. The highest BCUT2D eigenvalue weighted by Gasteiger charge is 2.21. The lowest BCUT2D eigenvalue weighted by Crippen LogP contribution is -2.46. The molecule has 0 saturated carbocycles. The van der Waals surface area contributed by atoms with Crippen molar-refractivity contribution < 1.29 is 9.18 Å². The largest absolute Gasteiger partial charge is 0.352 e. The third kappa shape index (κ3) is 4.53. The minimum Gasteiger partial charge on any atom is -0.350 e. The fraction of sp³-hybridized carbons (Fsp3) is 0.273. The summed E-state index contributed by atoms with van der Waals surface area (Å²) in [5, 5.41) is 6.70. The summed E-state index contributed by atoms with van der Waals surface area (Å²) in [5.74, 6) is -1.07. The molecular weight excluding hydrogens is 387 g/mol. The van der Waals surface area contributed by atoms with Crippen LogP contribution in [0.5, 0.6) is 0 Å². The van der Waals surface area contributed by atoms with E-state index in [1.165, 1.54) is 18.2 Å². The van der Waals surface area contributed by atoms with Gasteiger partial charge in [0.2, 0.25) is 5.69 Å². The van der Waals surface area contributed by atoms with Crippen molar-refractivity contribution in [3.63, 3.8) is 0 Å². The van der Waals surface area contributed by atoms with Gasteiger partial charge in [0.1, 0.15) is 5.82 Å². The molecule has 2 aromatic carbocycles. The first-order valence-electron chi connectivity index (χ1n) is 9.60. The van der Waals surface area contributed by atoms with Crippen molar-refractivity contribution in [2.24, 2.45) is 5.92 Å². The van der Waals surface area contributed by atoms with Gasteiger partial charge in [-0.25, -0.2) is 9.18 Å². The van der Waals surface area contributed by atoms with Gasteiger partial charge in [0.25, 0.3) is 11.5 Å². The monoisotopic (exact) mass is 410 g/mol. The van der Waals surface area contributed by atoms with Crippen molar-refractivity contribution in [3.05, 3.63) is 92.0 Å². The number of aryl methyl sites for hydroxylation is 1. The summed E-state index contributed by atoms with van der Waals surface area (Å²) >= 11 is 0. The van der Waals surface area contributed by atoms with Gasteiger partial charge in [-0.05, 0) is 36.6 Å². The third-order valence-corrected chi connectivity index (χ3v) is 4.48. The minimum atomic E-state index is -0.867. The molecule has 0 radical (unpaired) electrons. The normalized spacial score (nSPS) is 11.0. The maximum absolute atomic E-state index is 14.2. The number of benzene rings is 2. The molecular formula is C22H23FN4O3. The van der Waals surface area contributed by atoms with Gasteiger partial charge in [-0.3, -0.25) is 14.2 Å². The number of hydrogen-bond donors (Lipinski definition) is 1. The number of carbonyl (C=O) groups excluding carboxylic acids is 1. The molecule has 1 amide bonds.